The number of halogens is 2. The van der Waals surface area contributed by atoms with Crippen molar-refractivity contribution in [3.05, 3.63) is 46.7 Å². The van der Waals surface area contributed by atoms with E-state index in [0.717, 1.165) is 23.8 Å². The highest BCUT2D eigenvalue weighted by Gasteiger charge is 2.65. The van der Waals surface area contributed by atoms with E-state index in [1.54, 1.807) is 13.1 Å². The van der Waals surface area contributed by atoms with E-state index in [9.17, 15) is 23.5 Å². The summed E-state index contributed by atoms with van der Waals surface area (Å²) in [5.74, 6) is -1.74. The summed E-state index contributed by atoms with van der Waals surface area (Å²) >= 11 is 1.01. The van der Waals surface area contributed by atoms with Crippen LogP contribution in [0, 0.1) is 29.9 Å². The van der Waals surface area contributed by atoms with Crippen LogP contribution in [-0.4, -0.2) is 56.6 Å². The highest BCUT2D eigenvalue weighted by molar-refractivity contribution is 7.18. The SMILES string of the molecule is Cc1cn2cc(NC(=O)c3sc(N4CCN(C(=O)O)C5(CC5C(C)(C)C)C4)cc3F)cc(F)c2n1. The summed E-state index contributed by atoms with van der Waals surface area (Å²) in [6.45, 7) is 9.21. The number of hydrogen-bond acceptors (Lipinski definition) is 5. The molecule has 2 N–H and O–H groups in total. The lowest BCUT2D eigenvalue weighted by Crippen LogP contribution is -2.58. The zero-order valence-corrected chi connectivity index (χ0v) is 20.7. The molecule has 0 bridgehead atoms. The quantitative estimate of drug-likeness (QED) is 0.534. The Balaban J connectivity index is 1.37. The largest absolute Gasteiger partial charge is 0.465 e. The molecule has 1 aliphatic heterocycles. The van der Waals surface area contributed by atoms with Crippen LogP contribution < -0.4 is 10.2 Å². The van der Waals surface area contributed by atoms with Gasteiger partial charge in [-0.05, 0) is 24.7 Å². The van der Waals surface area contributed by atoms with Gasteiger partial charge < -0.3 is 19.7 Å². The summed E-state index contributed by atoms with van der Waals surface area (Å²) in [5.41, 5.74) is 0.389. The fourth-order valence-corrected chi connectivity index (χ4v) is 6.35. The van der Waals surface area contributed by atoms with Crippen LogP contribution in [0.25, 0.3) is 5.65 Å². The second kappa shape index (κ2) is 7.91. The third kappa shape index (κ3) is 4.01. The summed E-state index contributed by atoms with van der Waals surface area (Å²) < 4.78 is 30.7. The fraction of sp³-hybridized carbons (Fsp3) is 0.458. The van der Waals surface area contributed by atoms with Crippen molar-refractivity contribution in [2.75, 3.05) is 29.9 Å². The number of anilines is 2. The molecule has 5 rings (SSSR count). The zero-order valence-electron chi connectivity index (χ0n) is 19.9. The molecule has 2 unspecified atom stereocenters. The maximum Gasteiger partial charge on any atom is 0.407 e. The van der Waals surface area contributed by atoms with Gasteiger partial charge in [0.15, 0.2) is 11.5 Å². The van der Waals surface area contributed by atoms with Gasteiger partial charge in [-0.15, -0.1) is 11.3 Å². The first-order chi connectivity index (χ1) is 16.4. The van der Waals surface area contributed by atoms with Gasteiger partial charge in [0, 0.05) is 44.2 Å². The maximum atomic E-state index is 14.9. The number of aryl methyl sites for hydroxylation is 1. The molecule has 2 fully saturated rings. The molecule has 0 aromatic carbocycles. The molecule has 8 nitrogen and oxygen atoms in total. The summed E-state index contributed by atoms with van der Waals surface area (Å²) in [6.07, 6.45) is 2.97. The fourth-order valence-electron chi connectivity index (χ4n) is 5.40. The van der Waals surface area contributed by atoms with Gasteiger partial charge >= 0.3 is 6.09 Å². The normalized spacial score (nSPS) is 22.2. The first kappa shape index (κ1) is 23.5. The molecular weight excluding hydrogens is 476 g/mol. The lowest BCUT2D eigenvalue weighted by atomic mass is 9.86. The van der Waals surface area contributed by atoms with Crippen LogP contribution in [0.4, 0.5) is 24.3 Å². The predicted octanol–water partition coefficient (Wildman–Crippen LogP) is 4.84. The minimum atomic E-state index is -0.939. The molecule has 1 saturated heterocycles. The lowest BCUT2D eigenvalue weighted by molar-refractivity contribution is 0.0938. The monoisotopic (exact) mass is 503 g/mol. The van der Waals surface area contributed by atoms with Crippen LogP contribution in [0.5, 0.6) is 0 Å². The molecule has 3 aromatic rings. The molecule has 1 spiro atoms. The lowest BCUT2D eigenvalue weighted by Gasteiger charge is -2.43. The van der Waals surface area contributed by atoms with E-state index in [-0.39, 0.29) is 27.5 Å². The van der Waals surface area contributed by atoms with Crippen molar-refractivity contribution in [3.8, 4) is 0 Å². The smallest absolute Gasteiger partial charge is 0.407 e. The molecule has 4 heterocycles. The predicted molar refractivity (Wildman–Crippen MR) is 129 cm³/mol. The molecule has 1 saturated carbocycles. The second-order valence-corrected chi connectivity index (χ2v) is 11.5. The molecule has 2 amide bonds. The van der Waals surface area contributed by atoms with Crippen LogP contribution in [0.2, 0.25) is 0 Å². The number of pyridine rings is 1. The van der Waals surface area contributed by atoms with Gasteiger partial charge in [-0.25, -0.2) is 18.6 Å². The van der Waals surface area contributed by atoms with Crippen molar-refractivity contribution in [3.63, 3.8) is 0 Å². The molecule has 2 atom stereocenters. The van der Waals surface area contributed by atoms with Gasteiger partial charge in [0.05, 0.1) is 21.9 Å². The van der Waals surface area contributed by atoms with Crippen molar-refractivity contribution < 1.29 is 23.5 Å². The minimum absolute atomic E-state index is 0.0629. The number of carboxylic acid groups (broad SMARTS) is 1. The average molecular weight is 504 g/mol. The summed E-state index contributed by atoms with van der Waals surface area (Å²) in [6, 6.07) is 2.47. The Morgan fingerprint density at radius 1 is 1.20 bits per heavy atom. The van der Waals surface area contributed by atoms with E-state index in [4.69, 9.17) is 0 Å². The Hall–Kier alpha value is -3.21. The highest BCUT2D eigenvalue weighted by Crippen LogP contribution is 2.59. The van der Waals surface area contributed by atoms with Gasteiger partial charge in [0.25, 0.3) is 5.91 Å². The number of rotatable bonds is 3. The molecule has 11 heteroatoms. The van der Waals surface area contributed by atoms with Crippen molar-refractivity contribution in [1.29, 1.82) is 0 Å². The van der Waals surface area contributed by atoms with E-state index in [1.165, 1.54) is 21.6 Å². The van der Waals surface area contributed by atoms with Crippen LogP contribution in [-0.2, 0) is 0 Å². The van der Waals surface area contributed by atoms with Gasteiger partial charge in [-0.2, -0.15) is 0 Å². The van der Waals surface area contributed by atoms with Crippen LogP contribution in [0.1, 0.15) is 42.6 Å². The maximum absolute atomic E-state index is 14.9. The number of nitrogens with one attached hydrogen (secondary N) is 1. The van der Waals surface area contributed by atoms with Gasteiger partial charge in [-0.3, -0.25) is 9.69 Å². The van der Waals surface area contributed by atoms with Gasteiger partial charge in [0.2, 0.25) is 0 Å². The van der Waals surface area contributed by atoms with Crippen molar-refractivity contribution in [2.45, 2.75) is 39.7 Å². The third-order valence-corrected chi connectivity index (χ3v) is 8.16. The van der Waals surface area contributed by atoms with Crippen molar-refractivity contribution in [1.82, 2.24) is 14.3 Å². The standard InChI is InChI=1S/C24H27F2N5O3S/c1-13-10-30-11-14(7-16(26)20(30)27-13)28-21(32)19-15(25)8-18(35-19)29-5-6-31(22(33)34)24(12-29)9-17(24)23(2,3)4/h7-8,10-11,17H,5-6,9,12H2,1-4H3,(H,28,32)(H,33,34). The minimum Gasteiger partial charge on any atom is -0.465 e. The number of nitrogens with zero attached hydrogens (tertiary/aromatic N) is 4. The van der Waals surface area contributed by atoms with E-state index in [0.29, 0.717) is 30.3 Å². The third-order valence-electron chi connectivity index (χ3n) is 6.99. The number of carbonyl (C=O) groups excluding carboxylic acids is 1. The zero-order chi connectivity index (χ0) is 25.3. The van der Waals surface area contributed by atoms with Crippen molar-refractivity contribution >= 4 is 39.7 Å². The molecule has 1 aliphatic carbocycles. The first-order valence-corrected chi connectivity index (χ1v) is 12.2. The number of amides is 2. The van der Waals surface area contributed by atoms with Gasteiger partial charge in [0.1, 0.15) is 10.7 Å². The molecule has 35 heavy (non-hydrogen) atoms. The topological polar surface area (TPSA) is 90.2 Å². The number of imidazole rings is 1. The molecule has 186 valence electrons. The van der Waals surface area contributed by atoms with E-state index in [1.807, 2.05) is 4.90 Å². The summed E-state index contributed by atoms with van der Waals surface area (Å²) in [4.78, 5) is 32.2. The second-order valence-electron chi connectivity index (χ2n) is 10.5. The number of thiophene rings is 1. The molecule has 3 aromatic heterocycles. The van der Waals surface area contributed by atoms with E-state index >= 15 is 0 Å². The number of hydrogen-bond donors (Lipinski definition) is 2. The van der Waals surface area contributed by atoms with Gasteiger partial charge in [-0.1, -0.05) is 20.8 Å². The van der Waals surface area contributed by atoms with E-state index < -0.39 is 29.2 Å². The number of carbonyl (C=O) groups is 2. The first-order valence-electron chi connectivity index (χ1n) is 11.4. The van der Waals surface area contributed by atoms with E-state index in [2.05, 4.69) is 31.1 Å². The Morgan fingerprint density at radius 3 is 2.60 bits per heavy atom. The Labute approximate surface area is 205 Å². The highest BCUT2D eigenvalue weighted by atomic mass is 32.1. The molecule has 0 radical (unpaired) electrons. The Morgan fingerprint density at radius 2 is 1.94 bits per heavy atom. The van der Waals surface area contributed by atoms with Crippen LogP contribution in [0.15, 0.2) is 24.5 Å². The summed E-state index contributed by atoms with van der Waals surface area (Å²) in [7, 11) is 0. The Kier molecular flexibility index (Phi) is 5.31. The Bertz CT molecular complexity index is 1350. The number of piperazine rings is 1. The molecular formula is C24H27F2N5O3S. The number of aromatic nitrogens is 2. The van der Waals surface area contributed by atoms with Crippen LogP contribution in [0.3, 0.4) is 0 Å². The average Bonchev–Trinajstić information content (AvgIpc) is 3.13. The van der Waals surface area contributed by atoms with Crippen molar-refractivity contribution in [2.24, 2.45) is 11.3 Å². The summed E-state index contributed by atoms with van der Waals surface area (Å²) in [5, 5.41) is 12.9. The number of fused-ring (bicyclic) bond motifs is 1. The molecule has 2 aliphatic rings. The van der Waals surface area contributed by atoms with Crippen LogP contribution >= 0.6 is 11.3 Å².